The van der Waals surface area contributed by atoms with Crippen LogP contribution in [-0.2, 0) is 9.53 Å². The van der Waals surface area contributed by atoms with Gasteiger partial charge in [-0.3, -0.25) is 0 Å². The Labute approximate surface area is 108 Å². The van der Waals surface area contributed by atoms with Crippen LogP contribution in [0.5, 0.6) is 0 Å². The zero-order valence-corrected chi connectivity index (χ0v) is 11.7. The summed E-state index contributed by atoms with van der Waals surface area (Å²) in [4.78, 5) is 22.4. The van der Waals surface area contributed by atoms with Crippen LogP contribution in [0.2, 0.25) is 0 Å². The van der Waals surface area contributed by atoms with E-state index in [0.717, 1.165) is 5.57 Å². The number of carbonyl (C=O) groups excluding carboxylic acids is 1. The highest BCUT2D eigenvalue weighted by Gasteiger charge is 2.23. The quantitative estimate of drug-likeness (QED) is 0.742. The maximum absolute atomic E-state index is 11.5. The summed E-state index contributed by atoms with van der Waals surface area (Å²) in [6.45, 7) is 9.07. The van der Waals surface area contributed by atoms with Gasteiger partial charge in [0.25, 0.3) is 0 Å². The molecule has 0 aliphatic carbocycles. The third-order valence-corrected chi connectivity index (χ3v) is 2.00. The predicted octanol–water partition coefficient (Wildman–Crippen LogP) is 2.71. The number of allylic oxidation sites excluding steroid dienone is 2. The Morgan fingerprint density at radius 2 is 1.89 bits per heavy atom. The molecule has 0 rings (SSSR count). The van der Waals surface area contributed by atoms with Crippen LogP contribution in [0.25, 0.3) is 0 Å². The molecule has 0 spiro atoms. The van der Waals surface area contributed by atoms with Crippen LogP contribution in [0.1, 0.15) is 47.5 Å². The van der Waals surface area contributed by atoms with E-state index in [-0.39, 0.29) is 0 Å². The van der Waals surface area contributed by atoms with E-state index in [2.05, 4.69) is 5.32 Å². The Morgan fingerprint density at radius 1 is 1.33 bits per heavy atom. The minimum absolute atomic E-state index is 0.347. The van der Waals surface area contributed by atoms with Crippen LogP contribution in [0.3, 0.4) is 0 Å². The molecule has 1 unspecified atom stereocenters. The molecule has 2 N–H and O–H groups in total. The molecule has 5 nitrogen and oxygen atoms in total. The van der Waals surface area contributed by atoms with Gasteiger partial charge in [-0.15, -0.1) is 0 Å². The number of hydrogen-bond donors (Lipinski definition) is 2. The standard InChI is InChI=1S/C13H23NO4/c1-9(2)7-6-8-10(11(15)16)14-12(17)18-13(3,4)5/h7,10H,6,8H2,1-5H3,(H,14,17)(H,15,16). The normalized spacial score (nSPS) is 12.5. The Kier molecular flexibility index (Phi) is 6.44. The number of carboxylic acid groups (broad SMARTS) is 1. The van der Waals surface area contributed by atoms with Crippen molar-refractivity contribution in [1.82, 2.24) is 5.32 Å². The topological polar surface area (TPSA) is 75.6 Å². The number of alkyl carbamates (subject to hydrolysis) is 1. The maximum Gasteiger partial charge on any atom is 0.408 e. The molecular weight excluding hydrogens is 234 g/mol. The third-order valence-electron chi connectivity index (χ3n) is 2.00. The number of hydrogen-bond acceptors (Lipinski definition) is 3. The number of nitrogens with one attached hydrogen (secondary N) is 1. The Hall–Kier alpha value is -1.52. The lowest BCUT2D eigenvalue weighted by molar-refractivity contribution is -0.139. The highest BCUT2D eigenvalue weighted by atomic mass is 16.6. The molecule has 1 atom stereocenters. The summed E-state index contributed by atoms with van der Waals surface area (Å²) in [5, 5.41) is 11.4. The van der Waals surface area contributed by atoms with Crippen molar-refractivity contribution in [1.29, 1.82) is 0 Å². The molecule has 0 aliphatic heterocycles. The van der Waals surface area contributed by atoms with Crippen molar-refractivity contribution in [3.8, 4) is 0 Å². The van der Waals surface area contributed by atoms with E-state index < -0.39 is 23.7 Å². The molecule has 0 radical (unpaired) electrons. The summed E-state index contributed by atoms with van der Waals surface area (Å²) in [5.74, 6) is -1.05. The molecule has 0 saturated heterocycles. The smallest absolute Gasteiger partial charge is 0.408 e. The van der Waals surface area contributed by atoms with E-state index >= 15 is 0 Å². The van der Waals surface area contributed by atoms with Crippen LogP contribution >= 0.6 is 0 Å². The molecule has 0 aromatic carbocycles. The second-order valence-corrected chi connectivity index (χ2v) is 5.40. The number of ether oxygens (including phenoxy) is 1. The monoisotopic (exact) mass is 257 g/mol. The van der Waals surface area contributed by atoms with Gasteiger partial charge in [0, 0.05) is 0 Å². The molecule has 1 amide bonds. The zero-order chi connectivity index (χ0) is 14.3. The average Bonchev–Trinajstić information content (AvgIpc) is 2.12. The van der Waals surface area contributed by atoms with Crippen molar-refractivity contribution >= 4 is 12.1 Å². The molecule has 0 heterocycles. The van der Waals surface area contributed by atoms with E-state index in [1.165, 1.54) is 0 Å². The molecule has 0 aromatic heterocycles. The number of carbonyl (C=O) groups is 2. The van der Waals surface area contributed by atoms with Gasteiger partial charge < -0.3 is 15.2 Å². The first-order valence-corrected chi connectivity index (χ1v) is 5.97. The van der Waals surface area contributed by atoms with Gasteiger partial charge in [-0.25, -0.2) is 9.59 Å². The molecule has 0 saturated carbocycles. The fourth-order valence-corrected chi connectivity index (χ4v) is 1.25. The fraction of sp³-hybridized carbons (Fsp3) is 0.692. The predicted molar refractivity (Wildman–Crippen MR) is 69.5 cm³/mol. The Balaban J connectivity index is 4.32. The van der Waals surface area contributed by atoms with Crippen molar-refractivity contribution < 1.29 is 19.4 Å². The van der Waals surface area contributed by atoms with Gasteiger partial charge in [0.15, 0.2) is 0 Å². The van der Waals surface area contributed by atoms with Crippen LogP contribution in [0.15, 0.2) is 11.6 Å². The van der Waals surface area contributed by atoms with E-state index in [0.29, 0.717) is 12.8 Å². The summed E-state index contributed by atoms with van der Waals surface area (Å²) in [6, 6.07) is -0.921. The highest BCUT2D eigenvalue weighted by molar-refractivity contribution is 5.79. The second-order valence-electron chi connectivity index (χ2n) is 5.40. The van der Waals surface area contributed by atoms with Crippen molar-refractivity contribution in [2.75, 3.05) is 0 Å². The molecule has 104 valence electrons. The van der Waals surface area contributed by atoms with Crippen LogP contribution in [-0.4, -0.2) is 28.8 Å². The van der Waals surface area contributed by atoms with Crippen LogP contribution in [0.4, 0.5) is 4.79 Å². The number of amides is 1. The molecular formula is C13H23NO4. The molecule has 0 aliphatic rings. The lowest BCUT2D eigenvalue weighted by Gasteiger charge is -2.21. The first-order valence-electron chi connectivity index (χ1n) is 5.97. The zero-order valence-electron chi connectivity index (χ0n) is 11.7. The van der Waals surface area contributed by atoms with E-state index in [4.69, 9.17) is 9.84 Å². The maximum atomic E-state index is 11.5. The van der Waals surface area contributed by atoms with E-state index in [1.807, 2.05) is 19.9 Å². The second kappa shape index (κ2) is 7.03. The summed E-state index contributed by atoms with van der Waals surface area (Å²) < 4.78 is 5.02. The highest BCUT2D eigenvalue weighted by Crippen LogP contribution is 2.08. The lowest BCUT2D eigenvalue weighted by atomic mass is 10.1. The number of rotatable bonds is 5. The van der Waals surface area contributed by atoms with Gasteiger partial charge in [0.2, 0.25) is 0 Å². The van der Waals surface area contributed by atoms with Gasteiger partial charge in [0.1, 0.15) is 11.6 Å². The molecule has 18 heavy (non-hydrogen) atoms. The fourth-order valence-electron chi connectivity index (χ4n) is 1.25. The van der Waals surface area contributed by atoms with Gasteiger partial charge in [-0.05, 0) is 47.5 Å². The van der Waals surface area contributed by atoms with E-state index in [9.17, 15) is 9.59 Å². The van der Waals surface area contributed by atoms with E-state index in [1.54, 1.807) is 20.8 Å². The lowest BCUT2D eigenvalue weighted by Crippen LogP contribution is -2.43. The summed E-state index contributed by atoms with van der Waals surface area (Å²) in [7, 11) is 0. The minimum Gasteiger partial charge on any atom is -0.480 e. The van der Waals surface area contributed by atoms with Crippen molar-refractivity contribution in [2.45, 2.75) is 59.1 Å². The van der Waals surface area contributed by atoms with Crippen LogP contribution in [0, 0.1) is 0 Å². The molecule has 0 aromatic rings. The van der Waals surface area contributed by atoms with Gasteiger partial charge in [0.05, 0.1) is 0 Å². The first kappa shape index (κ1) is 16.5. The summed E-state index contributed by atoms with van der Waals surface area (Å²) in [6.07, 6.45) is 2.19. The number of carboxylic acids is 1. The summed E-state index contributed by atoms with van der Waals surface area (Å²) >= 11 is 0. The number of aliphatic carboxylic acids is 1. The van der Waals surface area contributed by atoms with Gasteiger partial charge >= 0.3 is 12.1 Å². The third kappa shape index (κ3) is 8.61. The Morgan fingerprint density at radius 3 is 2.28 bits per heavy atom. The largest absolute Gasteiger partial charge is 0.480 e. The van der Waals surface area contributed by atoms with Gasteiger partial charge in [-0.2, -0.15) is 0 Å². The first-order chi connectivity index (χ1) is 8.11. The van der Waals surface area contributed by atoms with Crippen molar-refractivity contribution in [3.63, 3.8) is 0 Å². The Bertz CT molecular complexity index is 324. The van der Waals surface area contributed by atoms with Crippen molar-refractivity contribution in [2.24, 2.45) is 0 Å². The van der Waals surface area contributed by atoms with Gasteiger partial charge in [-0.1, -0.05) is 11.6 Å². The molecule has 0 fully saturated rings. The SMILES string of the molecule is CC(C)=CCCC(NC(=O)OC(C)(C)C)C(=O)O. The molecule has 0 bridgehead atoms. The van der Waals surface area contributed by atoms with Crippen molar-refractivity contribution in [3.05, 3.63) is 11.6 Å². The average molecular weight is 257 g/mol. The summed E-state index contributed by atoms with van der Waals surface area (Å²) in [5.41, 5.74) is 0.490. The minimum atomic E-state index is -1.05. The van der Waals surface area contributed by atoms with Crippen LogP contribution < -0.4 is 5.32 Å². The molecule has 5 heteroatoms.